The minimum Gasteiger partial charge on any atom is -0.480 e. The highest BCUT2D eigenvalue weighted by Crippen LogP contribution is 2.27. The van der Waals surface area contributed by atoms with Gasteiger partial charge in [-0.05, 0) is 12.1 Å². The molecular weight excluding hydrogens is 361 g/mol. The fourth-order valence-corrected chi connectivity index (χ4v) is 2.27. The van der Waals surface area contributed by atoms with Gasteiger partial charge in [0.2, 0.25) is 5.95 Å². The van der Waals surface area contributed by atoms with E-state index < -0.39 is 35.7 Å². The number of hydrogen-bond donors (Lipinski definition) is 3. The summed E-state index contributed by atoms with van der Waals surface area (Å²) < 4.78 is 41.2. The maximum atomic E-state index is 13.9. The average molecular weight is 374 g/mol. The molecular formula is C18H13F3N4O2. The Balaban J connectivity index is 2.02. The molecule has 138 valence electrons. The zero-order valence-electron chi connectivity index (χ0n) is 13.7. The Morgan fingerprint density at radius 2 is 1.70 bits per heavy atom. The molecule has 0 atom stereocenters. The standard InChI is InChI=1S/C18H13F3N4O2/c19-11-6-7-12(20)17(16(11)21)24-14-8-13(10-4-2-1-3-5-10)23-18(25-14)22-9-15(26)27/h1-8H,9H2,(H,26,27)(H2,22,23,24,25). The van der Waals surface area contributed by atoms with Gasteiger partial charge in [0.1, 0.15) is 23.9 Å². The summed E-state index contributed by atoms with van der Waals surface area (Å²) in [5, 5.41) is 13.7. The van der Waals surface area contributed by atoms with Gasteiger partial charge < -0.3 is 15.7 Å². The van der Waals surface area contributed by atoms with Crippen LogP contribution in [0.2, 0.25) is 0 Å². The summed E-state index contributed by atoms with van der Waals surface area (Å²) in [7, 11) is 0. The molecule has 0 fully saturated rings. The number of hydrogen-bond acceptors (Lipinski definition) is 5. The molecule has 0 saturated heterocycles. The summed E-state index contributed by atoms with van der Waals surface area (Å²) in [6.07, 6.45) is 0. The number of carboxylic acids is 1. The maximum absolute atomic E-state index is 13.9. The van der Waals surface area contributed by atoms with Crippen LogP contribution in [0.5, 0.6) is 0 Å². The van der Waals surface area contributed by atoms with Crippen LogP contribution in [0.15, 0.2) is 48.5 Å². The van der Waals surface area contributed by atoms with E-state index in [1.54, 1.807) is 30.3 Å². The third-order valence-electron chi connectivity index (χ3n) is 3.49. The van der Waals surface area contributed by atoms with Gasteiger partial charge in [-0.3, -0.25) is 4.79 Å². The van der Waals surface area contributed by atoms with Gasteiger partial charge in [-0.1, -0.05) is 30.3 Å². The third-order valence-corrected chi connectivity index (χ3v) is 3.49. The molecule has 3 N–H and O–H groups in total. The van der Waals surface area contributed by atoms with Gasteiger partial charge in [0, 0.05) is 11.6 Å². The highest BCUT2D eigenvalue weighted by molar-refractivity contribution is 5.73. The molecule has 1 aromatic heterocycles. The topological polar surface area (TPSA) is 87.1 Å². The van der Waals surface area contributed by atoms with E-state index in [1.165, 1.54) is 6.07 Å². The highest BCUT2D eigenvalue weighted by Gasteiger charge is 2.16. The Morgan fingerprint density at radius 3 is 2.41 bits per heavy atom. The summed E-state index contributed by atoms with van der Waals surface area (Å²) >= 11 is 0. The van der Waals surface area contributed by atoms with E-state index in [0.29, 0.717) is 17.3 Å². The second-order valence-electron chi connectivity index (χ2n) is 5.42. The van der Waals surface area contributed by atoms with Crippen molar-refractivity contribution in [1.82, 2.24) is 9.97 Å². The second-order valence-corrected chi connectivity index (χ2v) is 5.42. The number of aliphatic carboxylic acids is 1. The molecule has 0 bridgehead atoms. The van der Waals surface area contributed by atoms with Crippen LogP contribution >= 0.6 is 0 Å². The minimum atomic E-state index is -1.39. The molecule has 9 heteroatoms. The zero-order chi connectivity index (χ0) is 19.4. The summed E-state index contributed by atoms with van der Waals surface area (Å²) in [4.78, 5) is 18.9. The molecule has 0 unspecified atom stereocenters. The van der Waals surface area contributed by atoms with E-state index in [4.69, 9.17) is 5.11 Å². The molecule has 0 amide bonds. The van der Waals surface area contributed by atoms with Crippen LogP contribution in [0.3, 0.4) is 0 Å². The van der Waals surface area contributed by atoms with Crippen LogP contribution in [0, 0.1) is 17.5 Å². The SMILES string of the molecule is O=C(O)CNc1nc(Nc2c(F)ccc(F)c2F)cc(-c2ccccc2)n1. The highest BCUT2D eigenvalue weighted by atomic mass is 19.2. The Kier molecular flexibility index (Phi) is 5.20. The number of anilines is 3. The fourth-order valence-electron chi connectivity index (χ4n) is 2.27. The smallest absolute Gasteiger partial charge is 0.322 e. The molecule has 0 aliphatic carbocycles. The average Bonchev–Trinajstić information content (AvgIpc) is 2.67. The van der Waals surface area contributed by atoms with Gasteiger partial charge in [-0.15, -0.1) is 0 Å². The Hall–Kier alpha value is -3.62. The number of carboxylic acid groups (broad SMARTS) is 1. The first-order chi connectivity index (χ1) is 12.9. The molecule has 3 aromatic rings. The predicted molar refractivity (Wildman–Crippen MR) is 93.2 cm³/mol. The first kappa shape index (κ1) is 18.2. The van der Waals surface area contributed by atoms with E-state index in [1.807, 2.05) is 0 Å². The van der Waals surface area contributed by atoms with Crippen LogP contribution in [0.1, 0.15) is 0 Å². The Bertz CT molecular complexity index is 984. The number of aromatic nitrogens is 2. The molecule has 3 rings (SSSR count). The van der Waals surface area contributed by atoms with Crippen LogP contribution in [-0.4, -0.2) is 27.6 Å². The summed E-state index contributed by atoms with van der Waals surface area (Å²) in [5.41, 5.74) is 0.330. The quantitative estimate of drug-likeness (QED) is 0.569. The first-order valence-corrected chi connectivity index (χ1v) is 7.74. The molecule has 1 heterocycles. The summed E-state index contributed by atoms with van der Waals surface area (Å²) in [5.74, 6) is -4.87. The molecule has 0 saturated carbocycles. The lowest BCUT2D eigenvalue weighted by Gasteiger charge is -2.12. The van der Waals surface area contributed by atoms with Crippen molar-refractivity contribution in [3.63, 3.8) is 0 Å². The van der Waals surface area contributed by atoms with Crippen LogP contribution in [0.25, 0.3) is 11.3 Å². The van der Waals surface area contributed by atoms with Gasteiger partial charge in [0.05, 0.1) is 5.69 Å². The van der Waals surface area contributed by atoms with Crippen LogP contribution in [-0.2, 0) is 4.79 Å². The van der Waals surface area contributed by atoms with E-state index >= 15 is 0 Å². The molecule has 0 spiro atoms. The molecule has 0 aliphatic rings. The molecule has 0 radical (unpaired) electrons. The minimum absolute atomic E-state index is 0.0415. The number of nitrogens with one attached hydrogen (secondary N) is 2. The lowest BCUT2D eigenvalue weighted by molar-refractivity contribution is -0.134. The van der Waals surface area contributed by atoms with Crippen molar-refractivity contribution in [2.45, 2.75) is 0 Å². The van der Waals surface area contributed by atoms with Crippen molar-refractivity contribution < 1.29 is 23.1 Å². The molecule has 0 aliphatic heterocycles. The fraction of sp³-hybridized carbons (Fsp3) is 0.0556. The van der Waals surface area contributed by atoms with Crippen molar-refractivity contribution in [3.8, 4) is 11.3 Å². The van der Waals surface area contributed by atoms with E-state index in [9.17, 15) is 18.0 Å². The van der Waals surface area contributed by atoms with Gasteiger partial charge in [0.15, 0.2) is 11.6 Å². The van der Waals surface area contributed by atoms with E-state index in [-0.39, 0.29) is 11.8 Å². The Labute approximate surface area is 151 Å². The van der Waals surface area contributed by atoms with Crippen LogP contribution in [0.4, 0.5) is 30.6 Å². The molecule has 6 nitrogen and oxygen atoms in total. The normalized spacial score (nSPS) is 10.5. The summed E-state index contributed by atoms with van der Waals surface area (Å²) in [6, 6.07) is 11.7. The van der Waals surface area contributed by atoms with Gasteiger partial charge in [-0.2, -0.15) is 4.98 Å². The number of rotatable bonds is 6. The van der Waals surface area contributed by atoms with E-state index in [0.717, 1.165) is 6.07 Å². The lowest BCUT2D eigenvalue weighted by atomic mass is 10.1. The largest absolute Gasteiger partial charge is 0.480 e. The number of carbonyl (C=O) groups is 1. The predicted octanol–water partition coefficient (Wildman–Crippen LogP) is 3.80. The first-order valence-electron chi connectivity index (χ1n) is 7.74. The van der Waals surface area contributed by atoms with Gasteiger partial charge in [0.25, 0.3) is 0 Å². The van der Waals surface area contributed by atoms with Crippen molar-refractivity contribution in [2.24, 2.45) is 0 Å². The zero-order valence-corrected chi connectivity index (χ0v) is 13.7. The monoisotopic (exact) mass is 374 g/mol. The van der Waals surface area contributed by atoms with Crippen molar-refractivity contribution in [3.05, 3.63) is 66.0 Å². The Morgan fingerprint density at radius 1 is 1.00 bits per heavy atom. The number of nitrogens with zero attached hydrogens (tertiary/aromatic N) is 2. The van der Waals surface area contributed by atoms with Crippen molar-refractivity contribution in [2.75, 3.05) is 17.2 Å². The summed E-state index contributed by atoms with van der Waals surface area (Å²) in [6.45, 7) is -0.458. The van der Waals surface area contributed by atoms with Crippen molar-refractivity contribution in [1.29, 1.82) is 0 Å². The number of halogens is 3. The van der Waals surface area contributed by atoms with Crippen LogP contribution < -0.4 is 10.6 Å². The molecule has 27 heavy (non-hydrogen) atoms. The molecule has 2 aromatic carbocycles. The third kappa shape index (κ3) is 4.32. The second kappa shape index (κ2) is 7.73. The van der Waals surface area contributed by atoms with Crippen molar-refractivity contribution >= 4 is 23.4 Å². The van der Waals surface area contributed by atoms with E-state index in [2.05, 4.69) is 20.6 Å². The number of benzene rings is 2. The van der Waals surface area contributed by atoms with Gasteiger partial charge >= 0.3 is 5.97 Å². The lowest BCUT2D eigenvalue weighted by Crippen LogP contribution is -2.15. The van der Waals surface area contributed by atoms with Gasteiger partial charge in [-0.25, -0.2) is 18.2 Å². The maximum Gasteiger partial charge on any atom is 0.322 e.